The number of carbonyl (C=O) groups excluding carboxylic acids is 1. The highest BCUT2D eigenvalue weighted by atomic mass is 19.4. The summed E-state index contributed by atoms with van der Waals surface area (Å²) >= 11 is 0. The predicted octanol–water partition coefficient (Wildman–Crippen LogP) is 4.50. The van der Waals surface area contributed by atoms with Crippen LogP contribution in [-0.2, 0) is 17.4 Å². The maximum absolute atomic E-state index is 12.6. The molecule has 0 radical (unpaired) electrons. The summed E-state index contributed by atoms with van der Waals surface area (Å²) in [6.07, 6.45) is -4.55. The number of carbonyl (C=O) groups is 1. The Morgan fingerprint density at radius 2 is 1.67 bits per heavy atom. The van der Waals surface area contributed by atoms with Gasteiger partial charge in [-0.05, 0) is 11.6 Å². The van der Waals surface area contributed by atoms with Gasteiger partial charge in [-0.15, -0.1) is 0 Å². The van der Waals surface area contributed by atoms with Gasteiger partial charge in [-0.2, -0.15) is 13.2 Å². The molecular formula is C14H19F3O. The van der Waals surface area contributed by atoms with Gasteiger partial charge in [0.2, 0.25) is 0 Å². The zero-order valence-corrected chi connectivity index (χ0v) is 11.1. The van der Waals surface area contributed by atoms with Crippen LogP contribution in [0.5, 0.6) is 0 Å². The first-order valence-electron chi connectivity index (χ1n) is 6.00. The molecule has 0 aliphatic heterocycles. The Kier molecular flexibility index (Phi) is 6.66. The van der Waals surface area contributed by atoms with Crippen LogP contribution in [-0.4, -0.2) is 5.78 Å². The molecule has 0 aliphatic rings. The molecule has 0 atom stereocenters. The van der Waals surface area contributed by atoms with Crippen molar-refractivity contribution in [3.05, 3.63) is 35.4 Å². The molecule has 0 saturated carbocycles. The summed E-state index contributed by atoms with van der Waals surface area (Å²) < 4.78 is 37.8. The van der Waals surface area contributed by atoms with Crippen molar-refractivity contribution in [1.82, 2.24) is 0 Å². The third-order valence-corrected chi connectivity index (χ3v) is 2.33. The van der Waals surface area contributed by atoms with E-state index < -0.39 is 11.7 Å². The fourth-order valence-electron chi connectivity index (χ4n) is 1.34. The van der Waals surface area contributed by atoms with Gasteiger partial charge >= 0.3 is 6.18 Å². The topological polar surface area (TPSA) is 17.1 Å². The number of hydrogen-bond acceptors (Lipinski definition) is 1. The van der Waals surface area contributed by atoms with Crippen molar-refractivity contribution in [2.45, 2.75) is 40.3 Å². The third-order valence-electron chi connectivity index (χ3n) is 2.33. The molecular weight excluding hydrogens is 241 g/mol. The standard InChI is InChI=1S/C12H13F3O.C2H6/c1-8(2)11(16)7-9-5-3-4-6-10(9)12(13,14)15;1-2/h3-6,8H,7H2,1-2H3;1-2H3. The molecule has 0 aromatic heterocycles. The predicted molar refractivity (Wildman–Crippen MR) is 66.3 cm³/mol. The first-order chi connectivity index (χ1) is 8.32. The van der Waals surface area contributed by atoms with E-state index in [4.69, 9.17) is 0 Å². The lowest BCUT2D eigenvalue weighted by Crippen LogP contribution is -2.15. The Morgan fingerprint density at radius 1 is 1.17 bits per heavy atom. The number of alkyl halides is 3. The van der Waals surface area contributed by atoms with Crippen LogP contribution in [0.15, 0.2) is 24.3 Å². The second kappa shape index (κ2) is 7.19. The summed E-state index contributed by atoms with van der Waals surface area (Å²) in [5.41, 5.74) is -0.669. The van der Waals surface area contributed by atoms with Crippen LogP contribution in [0, 0.1) is 5.92 Å². The molecule has 0 heterocycles. The highest BCUT2D eigenvalue weighted by Crippen LogP contribution is 2.32. The van der Waals surface area contributed by atoms with Gasteiger partial charge in [0.25, 0.3) is 0 Å². The maximum Gasteiger partial charge on any atom is 0.416 e. The largest absolute Gasteiger partial charge is 0.416 e. The smallest absolute Gasteiger partial charge is 0.299 e. The van der Waals surface area contributed by atoms with Gasteiger partial charge in [0.05, 0.1) is 5.56 Å². The lowest BCUT2D eigenvalue weighted by atomic mass is 9.97. The Hall–Kier alpha value is -1.32. The zero-order chi connectivity index (χ0) is 14.3. The Balaban J connectivity index is 0.00000137. The quantitative estimate of drug-likeness (QED) is 0.782. The Bertz CT molecular complexity index is 381. The lowest BCUT2D eigenvalue weighted by molar-refractivity contribution is -0.138. The van der Waals surface area contributed by atoms with E-state index in [1.165, 1.54) is 18.2 Å². The van der Waals surface area contributed by atoms with E-state index >= 15 is 0 Å². The third kappa shape index (κ3) is 4.90. The Morgan fingerprint density at radius 3 is 2.11 bits per heavy atom. The van der Waals surface area contributed by atoms with Crippen molar-refractivity contribution in [2.75, 3.05) is 0 Å². The van der Waals surface area contributed by atoms with Crippen LogP contribution in [0.2, 0.25) is 0 Å². The molecule has 1 aromatic rings. The van der Waals surface area contributed by atoms with E-state index in [1.54, 1.807) is 13.8 Å². The van der Waals surface area contributed by atoms with Crippen LogP contribution < -0.4 is 0 Å². The van der Waals surface area contributed by atoms with E-state index in [0.29, 0.717) is 0 Å². The molecule has 0 bridgehead atoms. The maximum atomic E-state index is 12.6. The second-order valence-electron chi connectivity index (χ2n) is 3.95. The molecule has 0 N–H and O–H groups in total. The van der Waals surface area contributed by atoms with Gasteiger partial charge < -0.3 is 0 Å². The van der Waals surface area contributed by atoms with Crippen molar-refractivity contribution >= 4 is 5.78 Å². The summed E-state index contributed by atoms with van der Waals surface area (Å²) in [7, 11) is 0. The molecule has 0 saturated heterocycles. The molecule has 0 unspecified atom stereocenters. The van der Waals surface area contributed by atoms with E-state index in [0.717, 1.165) is 6.07 Å². The van der Waals surface area contributed by atoms with Gasteiger partial charge in [-0.3, -0.25) is 4.79 Å². The molecule has 0 amide bonds. The van der Waals surface area contributed by atoms with E-state index in [1.807, 2.05) is 13.8 Å². The molecule has 1 nitrogen and oxygen atoms in total. The van der Waals surface area contributed by atoms with Gasteiger partial charge in [0, 0.05) is 12.3 Å². The minimum atomic E-state index is -4.39. The average molecular weight is 260 g/mol. The number of hydrogen-bond donors (Lipinski definition) is 0. The number of Topliss-reactive ketones (excluding diaryl/α,β-unsaturated/α-hetero) is 1. The first kappa shape index (κ1) is 16.7. The summed E-state index contributed by atoms with van der Waals surface area (Å²) in [5, 5.41) is 0. The fourth-order valence-corrected chi connectivity index (χ4v) is 1.34. The molecule has 4 heteroatoms. The highest BCUT2D eigenvalue weighted by molar-refractivity contribution is 5.82. The van der Waals surface area contributed by atoms with Gasteiger partial charge in [0.1, 0.15) is 5.78 Å². The normalized spacial score (nSPS) is 10.9. The first-order valence-corrected chi connectivity index (χ1v) is 6.00. The van der Waals surface area contributed by atoms with E-state index in [9.17, 15) is 18.0 Å². The number of benzene rings is 1. The zero-order valence-electron chi connectivity index (χ0n) is 11.1. The van der Waals surface area contributed by atoms with Gasteiger partial charge in [-0.1, -0.05) is 45.9 Å². The molecule has 0 aliphatic carbocycles. The van der Waals surface area contributed by atoms with Crippen molar-refractivity contribution in [2.24, 2.45) is 5.92 Å². The van der Waals surface area contributed by atoms with Crippen molar-refractivity contribution < 1.29 is 18.0 Å². The van der Waals surface area contributed by atoms with Gasteiger partial charge in [0.15, 0.2) is 0 Å². The number of halogens is 3. The molecule has 1 aromatic carbocycles. The molecule has 18 heavy (non-hydrogen) atoms. The van der Waals surface area contributed by atoms with E-state index in [2.05, 4.69) is 0 Å². The Labute approximate surface area is 106 Å². The monoisotopic (exact) mass is 260 g/mol. The van der Waals surface area contributed by atoms with Crippen LogP contribution >= 0.6 is 0 Å². The number of rotatable bonds is 3. The van der Waals surface area contributed by atoms with Crippen LogP contribution in [0.25, 0.3) is 0 Å². The van der Waals surface area contributed by atoms with Crippen molar-refractivity contribution in [1.29, 1.82) is 0 Å². The minimum absolute atomic E-state index is 0.0497. The SMILES string of the molecule is CC.CC(C)C(=O)Cc1ccccc1C(F)(F)F. The molecule has 0 spiro atoms. The number of ketones is 1. The fraction of sp³-hybridized carbons (Fsp3) is 0.500. The summed E-state index contributed by atoms with van der Waals surface area (Å²) in [5.74, 6) is -0.432. The second-order valence-corrected chi connectivity index (χ2v) is 3.95. The molecule has 102 valence electrons. The molecule has 0 fully saturated rings. The highest BCUT2D eigenvalue weighted by Gasteiger charge is 2.33. The summed E-state index contributed by atoms with van der Waals surface area (Å²) in [6, 6.07) is 5.19. The summed E-state index contributed by atoms with van der Waals surface area (Å²) in [6.45, 7) is 7.36. The van der Waals surface area contributed by atoms with Crippen molar-refractivity contribution in [3.63, 3.8) is 0 Å². The summed E-state index contributed by atoms with van der Waals surface area (Å²) in [4.78, 5) is 11.4. The van der Waals surface area contributed by atoms with Crippen LogP contribution in [0.4, 0.5) is 13.2 Å². The van der Waals surface area contributed by atoms with Gasteiger partial charge in [-0.25, -0.2) is 0 Å². The van der Waals surface area contributed by atoms with Crippen LogP contribution in [0.3, 0.4) is 0 Å². The average Bonchev–Trinajstić information content (AvgIpc) is 2.30. The molecule has 1 rings (SSSR count). The minimum Gasteiger partial charge on any atom is -0.299 e. The lowest BCUT2D eigenvalue weighted by Gasteiger charge is -2.12. The van der Waals surface area contributed by atoms with Crippen LogP contribution in [0.1, 0.15) is 38.8 Å². The van der Waals surface area contributed by atoms with E-state index in [-0.39, 0.29) is 23.7 Å². The van der Waals surface area contributed by atoms with Crippen molar-refractivity contribution in [3.8, 4) is 0 Å².